The fourth-order valence-corrected chi connectivity index (χ4v) is 4.69. The number of hydrogen-bond donors (Lipinski definition) is 2. The summed E-state index contributed by atoms with van der Waals surface area (Å²) in [7, 11) is 0. The Kier molecular flexibility index (Phi) is 5.67. The predicted molar refractivity (Wildman–Crippen MR) is 117 cm³/mol. The van der Waals surface area contributed by atoms with Gasteiger partial charge in [0.25, 0.3) is 5.91 Å². The molecule has 11 heteroatoms. The van der Waals surface area contributed by atoms with Crippen molar-refractivity contribution < 1.29 is 18.8 Å². The third kappa shape index (κ3) is 4.31. The fraction of sp³-hybridized carbons (Fsp3) is 0.545. The van der Waals surface area contributed by atoms with Crippen LogP contribution in [0.25, 0.3) is 5.69 Å². The highest BCUT2D eigenvalue weighted by atomic mass is 19.1. The van der Waals surface area contributed by atoms with Crippen molar-refractivity contribution in [1.82, 2.24) is 30.4 Å². The number of urea groups is 1. The lowest BCUT2D eigenvalue weighted by Gasteiger charge is -2.40. The number of benzene rings is 1. The number of halogens is 1. The number of carbonyl (C=O) groups excluding carboxylic acids is 3. The summed E-state index contributed by atoms with van der Waals surface area (Å²) < 4.78 is 15.5. The maximum Gasteiger partial charge on any atom is 0.325 e. The highest BCUT2D eigenvalue weighted by Gasteiger charge is 2.53. The largest absolute Gasteiger partial charge is 0.325 e. The Morgan fingerprint density at radius 1 is 1.27 bits per heavy atom. The van der Waals surface area contributed by atoms with E-state index in [2.05, 4.69) is 46.9 Å². The van der Waals surface area contributed by atoms with Crippen molar-refractivity contribution in [3.8, 4) is 5.69 Å². The van der Waals surface area contributed by atoms with Crippen molar-refractivity contribution in [3.63, 3.8) is 0 Å². The van der Waals surface area contributed by atoms with Gasteiger partial charge in [-0.05, 0) is 72.6 Å². The molecule has 0 atom stereocenters. The van der Waals surface area contributed by atoms with Crippen LogP contribution >= 0.6 is 0 Å². The maximum absolute atomic E-state index is 14.2. The van der Waals surface area contributed by atoms with Crippen LogP contribution in [0.3, 0.4) is 0 Å². The van der Waals surface area contributed by atoms with Crippen LogP contribution in [-0.2, 0) is 9.59 Å². The zero-order valence-corrected chi connectivity index (χ0v) is 19.2. The number of imide groups is 1. The van der Waals surface area contributed by atoms with Gasteiger partial charge < -0.3 is 10.6 Å². The van der Waals surface area contributed by atoms with E-state index in [1.165, 1.54) is 22.9 Å². The van der Waals surface area contributed by atoms with Gasteiger partial charge in [-0.3, -0.25) is 14.5 Å². The first-order valence-electron chi connectivity index (χ1n) is 11.0. The molecule has 1 spiro atoms. The average molecular weight is 458 g/mol. The molecule has 2 aliphatic rings. The van der Waals surface area contributed by atoms with Gasteiger partial charge in [0.2, 0.25) is 5.91 Å². The van der Waals surface area contributed by atoms with Crippen LogP contribution in [0.15, 0.2) is 18.2 Å². The summed E-state index contributed by atoms with van der Waals surface area (Å²) in [5, 5.41) is 16.4. The van der Waals surface area contributed by atoms with Gasteiger partial charge in [-0.15, -0.1) is 5.10 Å². The van der Waals surface area contributed by atoms with E-state index in [0.717, 1.165) is 17.7 Å². The molecule has 4 amide bonds. The molecule has 1 saturated heterocycles. The zero-order chi connectivity index (χ0) is 24.0. The third-order valence-corrected chi connectivity index (χ3v) is 6.70. The monoisotopic (exact) mass is 457 g/mol. The number of nitrogens with one attached hydrogen (secondary N) is 2. The van der Waals surface area contributed by atoms with Crippen LogP contribution in [0.4, 0.5) is 14.9 Å². The predicted octanol–water partition coefficient (Wildman–Crippen LogP) is 2.58. The number of nitrogens with zero attached hydrogens (tertiary/aromatic N) is 5. The van der Waals surface area contributed by atoms with Crippen LogP contribution in [-0.4, -0.2) is 55.0 Å². The molecule has 1 aromatic heterocycles. The van der Waals surface area contributed by atoms with Crippen LogP contribution in [0, 0.1) is 24.1 Å². The van der Waals surface area contributed by atoms with E-state index in [1.807, 2.05) is 0 Å². The molecule has 2 N–H and O–H groups in total. The number of amides is 4. The second-order valence-corrected chi connectivity index (χ2v) is 9.90. The van der Waals surface area contributed by atoms with Crippen molar-refractivity contribution >= 4 is 23.5 Å². The van der Waals surface area contributed by atoms with Gasteiger partial charge in [0.15, 0.2) is 5.82 Å². The first-order chi connectivity index (χ1) is 15.5. The number of rotatable bonds is 4. The fourth-order valence-electron chi connectivity index (χ4n) is 4.69. The molecule has 176 valence electrons. The van der Waals surface area contributed by atoms with Crippen molar-refractivity contribution in [1.29, 1.82) is 0 Å². The topological polar surface area (TPSA) is 122 Å². The minimum Gasteiger partial charge on any atom is -0.324 e. The van der Waals surface area contributed by atoms with E-state index in [-0.39, 0.29) is 17.0 Å². The zero-order valence-electron chi connectivity index (χ0n) is 19.2. The van der Waals surface area contributed by atoms with Gasteiger partial charge in [0.1, 0.15) is 23.6 Å². The lowest BCUT2D eigenvalue weighted by molar-refractivity contribution is -0.135. The van der Waals surface area contributed by atoms with Crippen molar-refractivity contribution in [2.45, 2.75) is 58.9 Å². The molecule has 0 bridgehead atoms. The van der Waals surface area contributed by atoms with E-state index in [4.69, 9.17) is 0 Å². The summed E-state index contributed by atoms with van der Waals surface area (Å²) in [6.07, 6.45) is 2.80. The summed E-state index contributed by atoms with van der Waals surface area (Å²) in [6, 6.07) is 3.39. The molecular weight excluding hydrogens is 429 g/mol. The lowest BCUT2D eigenvalue weighted by Crippen LogP contribution is -2.50. The SMILES string of the molecule is Cc1nnnn1-c1cc(NC(=O)CN2C(=O)NC3(CCC(C(C)(C)C)CC3)C2=O)ccc1F. The average Bonchev–Trinajstić information content (AvgIpc) is 3.26. The van der Waals surface area contributed by atoms with Crippen LogP contribution in [0.5, 0.6) is 0 Å². The molecule has 2 fully saturated rings. The summed E-state index contributed by atoms with van der Waals surface area (Å²) in [5.41, 5.74) is -0.430. The number of anilines is 1. The molecule has 4 rings (SSSR count). The molecule has 1 aliphatic carbocycles. The van der Waals surface area contributed by atoms with E-state index in [1.54, 1.807) is 6.92 Å². The number of aryl methyl sites for hydroxylation is 1. The van der Waals surface area contributed by atoms with Gasteiger partial charge in [-0.25, -0.2) is 9.18 Å². The quantitative estimate of drug-likeness (QED) is 0.681. The summed E-state index contributed by atoms with van der Waals surface area (Å²) >= 11 is 0. The highest BCUT2D eigenvalue weighted by Crippen LogP contribution is 2.43. The molecule has 10 nitrogen and oxygen atoms in total. The lowest BCUT2D eigenvalue weighted by atomic mass is 9.67. The summed E-state index contributed by atoms with van der Waals surface area (Å²) in [4.78, 5) is 39.3. The normalized spacial score (nSPS) is 23.2. The molecule has 0 radical (unpaired) electrons. The van der Waals surface area contributed by atoms with Gasteiger partial charge in [0, 0.05) is 5.69 Å². The first kappa shape index (κ1) is 22.8. The first-order valence-corrected chi connectivity index (χ1v) is 11.0. The number of carbonyl (C=O) groups is 3. The Morgan fingerprint density at radius 3 is 2.58 bits per heavy atom. The van der Waals surface area contributed by atoms with Crippen molar-refractivity contribution in [2.24, 2.45) is 11.3 Å². The molecule has 2 aromatic rings. The molecule has 33 heavy (non-hydrogen) atoms. The minimum absolute atomic E-state index is 0.0693. The standard InChI is InChI=1S/C22H28FN7O3/c1-13-26-27-28-30(13)17-11-15(5-6-16(17)23)24-18(31)12-29-19(32)22(25-20(29)33)9-7-14(8-10-22)21(2,3)4/h5-6,11,14H,7-10,12H2,1-4H3,(H,24,31)(H,25,33). The smallest absolute Gasteiger partial charge is 0.324 e. The van der Waals surface area contributed by atoms with Crippen molar-refractivity contribution in [3.05, 3.63) is 29.8 Å². The van der Waals surface area contributed by atoms with Gasteiger partial charge in [0.05, 0.1) is 0 Å². The Balaban J connectivity index is 1.43. The van der Waals surface area contributed by atoms with E-state index >= 15 is 0 Å². The van der Waals surface area contributed by atoms with Crippen LogP contribution < -0.4 is 10.6 Å². The van der Waals surface area contributed by atoms with E-state index in [0.29, 0.717) is 30.3 Å². The molecule has 0 unspecified atom stereocenters. The second-order valence-electron chi connectivity index (χ2n) is 9.90. The second kappa shape index (κ2) is 8.20. The third-order valence-electron chi connectivity index (χ3n) is 6.70. The van der Waals surface area contributed by atoms with Gasteiger partial charge in [-0.1, -0.05) is 20.8 Å². The number of aromatic nitrogens is 4. The van der Waals surface area contributed by atoms with Crippen LogP contribution in [0.2, 0.25) is 0 Å². The van der Waals surface area contributed by atoms with E-state index in [9.17, 15) is 18.8 Å². The number of hydrogen-bond acceptors (Lipinski definition) is 6. The molecule has 1 aliphatic heterocycles. The summed E-state index contributed by atoms with van der Waals surface area (Å²) in [6.45, 7) is 7.74. The Bertz CT molecular complexity index is 1100. The van der Waals surface area contributed by atoms with Gasteiger partial charge >= 0.3 is 6.03 Å². The molecule has 1 saturated carbocycles. The maximum atomic E-state index is 14.2. The van der Waals surface area contributed by atoms with Crippen LogP contribution in [0.1, 0.15) is 52.3 Å². The highest BCUT2D eigenvalue weighted by molar-refractivity contribution is 6.10. The Morgan fingerprint density at radius 2 is 1.97 bits per heavy atom. The Hall–Kier alpha value is -3.37. The van der Waals surface area contributed by atoms with Crippen molar-refractivity contribution in [2.75, 3.05) is 11.9 Å². The molecule has 1 aromatic carbocycles. The minimum atomic E-state index is -0.931. The Labute approximate surface area is 190 Å². The molecule has 2 heterocycles. The molecular formula is C22H28FN7O3. The van der Waals surface area contributed by atoms with E-state index < -0.39 is 29.8 Å². The summed E-state index contributed by atoms with van der Waals surface area (Å²) in [5.74, 6) is -0.640. The number of tetrazole rings is 1. The van der Waals surface area contributed by atoms with Gasteiger partial charge in [-0.2, -0.15) is 4.68 Å².